The molecule has 3 rings (SSSR count). The predicted octanol–water partition coefficient (Wildman–Crippen LogP) is 2.94. The van der Waals surface area contributed by atoms with Crippen molar-refractivity contribution in [3.63, 3.8) is 0 Å². The smallest absolute Gasteiger partial charge is 0.255 e. The summed E-state index contributed by atoms with van der Waals surface area (Å²) in [5.41, 5.74) is 1.38. The molecular formula is C20H30ClN3O2. The van der Waals surface area contributed by atoms with Crippen molar-refractivity contribution in [3.05, 3.63) is 29.8 Å². The Bertz CT molecular complexity index is 625. The number of para-hydroxylation sites is 1. The fourth-order valence-corrected chi connectivity index (χ4v) is 3.53. The van der Waals surface area contributed by atoms with Gasteiger partial charge in [0.05, 0.1) is 11.3 Å². The van der Waals surface area contributed by atoms with Gasteiger partial charge >= 0.3 is 0 Å². The standard InChI is InChI=1S/C20H29N3O2.ClH/c1-3-21-14-15-10-12-23(13-11-15)20(25)17-6-4-5-7-18(17)22(2)19(24)16-8-9-16;/h4-7,15-16,21H,3,8-14H2,1-2H3;1H. The van der Waals surface area contributed by atoms with Crippen molar-refractivity contribution in [2.24, 2.45) is 11.8 Å². The molecule has 1 aliphatic carbocycles. The molecule has 144 valence electrons. The molecule has 1 saturated heterocycles. The van der Waals surface area contributed by atoms with Crippen LogP contribution in [0.2, 0.25) is 0 Å². The largest absolute Gasteiger partial charge is 0.339 e. The van der Waals surface area contributed by atoms with E-state index in [2.05, 4.69) is 12.2 Å². The molecule has 0 unspecified atom stereocenters. The molecule has 1 aromatic rings. The minimum atomic E-state index is 0. The van der Waals surface area contributed by atoms with Crippen molar-refractivity contribution >= 4 is 29.9 Å². The van der Waals surface area contributed by atoms with E-state index in [0.717, 1.165) is 57.5 Å². The van der Waals surface area contributed by atoms with Crippen molar-refractivity contribution < 1.29 is 9.59 Å². The zero-order valence-corrected chi connectivity index (χ0v) is 16.6. The number of nitrogens with zero attached hydrogens (tertiary/aromatic N) is 2. The van der Waals surface area contributed by atoms with Gasteiger partial charge in [-0.05, 0) is 56.8 Å². The number of carbonyl (C=O) groups excluding carboxylic acids is 2. The van der Waals surface area contributed by atoms with Crippen LogP contribution in [0.4, 0.5) is 5.69 Å². The summed E-state index contributed by atoms with van der Waals surface area (Å²) in [5, 5.41) is 3.40. The van der Waals surface area contributed by atoms with E-state index >= 15 is 0 Å². The van der Waals surface area contributed by atoms with Gasteiger partial charge < -0.3 is 15.1 Å². The van der Waals surface area contributed by atoms with Gasteiger partial charge in [-0.2, -0.15) is 0 Å². The van der Waals surface area contributed by atoms with Crippen LogP contribution in [0, 0.1) is 11.8 Å². The highest BCUT2D eigenvalue weighted by molar-refractivity contribution is 6.05. The maximum absolute atomic E-state index is 13.0. The van der Waals surface area contributed by atoms with Crippen molar-refractivity contribution in [3.8, 4) is 0 Å². The fraction of sp³-hybridized carbons (Fsp3) is 0.600. The van der Waals surface area contributed by atoms with Gasteiger partial charge in [0.2, 0.25) is 5.91 Å². The molecule has 0 bridgehead atoms. The molecule has 0 radical (unpaired) electrons. The van der Waals surface area contributed by atoms with E-state index in [1.165, 1.54) is 0 Å². The lowest BCUT2D eigenvalue weighted by atomic mass is 9.96. The third kappa shape index (κ3) is 4.77. The van der Waals surface area contributed by atoms with Crippen LogP contribution < -0.4 is 10.2 Å². The topological polar surface area (TPSA) is 52.7 Å². The maximum atomic E-state index is 13.0. The molecule has 1 saturated carbocycles. The van der Waals surface area contributed by atoms with E-state index in [-0.39, 0.29) is 30.1 Å². The quantitative estimate of drug-likeness (QED) is 0.826. The number of amides is 2. The first-order chi connectivity index (χ1) is 12.1. The van der Waals surface area contributed by atoms with Gasteiger partial charge in [-0.1, -0.05) is 19.1 Å². The average molecular weight is 380 g/mol. The second kappa shape index (κ2) is 9.38. The van der Waals surface area contributed by atoms with Gasteiger partial charge in [-0.3, -0.25) is 9.59 Å². The van der Waals surface area contributed by atoms with Crippen molar-refractivity contribution in [2.45, 2.75) is 32.6 Å². The van der Waals surface area contributed by atoms with E-state index in [4.69, 9.17) is 0 Å². The average Bonchev–Trinajstić information content (AvgIpc) is 3.50. The first-order valence-electron chi connectivity index (χ1n) is 9.48. The molecular weight excluding hydrogens is 350 g/mol. The van der Waals surface area contributed by atoms with Crippen LogP contribution in [0.1, 0.15) is 43.0 Å². The van der Waals surface area contributed by atoms with Crippen molar-refractivity contribution in [1.82, 2.24) is 10.2 Å². The van der Waals surface area contributed by atoms with E-state index in [1.807, 2.05) is 29.2 Å². The van der Waals surface area contributed by atoms with Crippen LogP contribution in [0.3, 0.4) is 0 Å². The number of carbonyl (C=O) groups is 2. The van der Waals surface area contributed by atoms with Gasteiger partial charge in [-0.15, -0.1) is 12.4 Å². The summed E-state index contributed by atoms with van der Waals surface area (Å²) in [6, 6.07) is 7.50. The number of piperidine rings is 1. The minimum absolute atomic E-state index is 0. The molecule has 2 amide bonds. The Hall–Kier alpha value is -1.59. The molecule has 2 fully saturated rings. The summed E-state index contributed by atoms with van der Waals surface area (Å²) in [6.07, 6.45) is 4.02. The van der Waals surface area contributed by atoms with Crippen LogP contribution in [0.15, 0.2) is 24.3 Å². The van der Waals surface area contributed by atoms with Gasteiger partial charge in [-0.25, -0.2) is 0 Å². The molecule has 1 heterocycles. The van der Waals surface area contributed by atoms with Gasteiger partial charge in [0.25, 0.3) is 5.91 Å². The number of rotatable bonds is 6. The Morgan fingerprint density at radius 1 is 1.15 bits per heavy atom. The monoisotopic (exact) mass is 379 g/mol. The normalized spacial score (nSPS) is 17.5. The van der Waals surface area contributed by atoms with Crippen molar-refractivity contribution in [1.29, 1.82) is 0 Å². The minimum Gasteiger partial charge on any atom is -0.339 e. The van der Waals surface area contributed by atoms with E-state index in [9.17, 15) is 9.59 Å². The highest BCUT2D eigenvalue weighted by atomic mass is 35.5. The second-order valence-electron chi connectivity index (χ2n) is 7.23. The predicted molar refractivity (Wildman–Crippen MR) is 107 cm³/mol. The SMILES string of the molecule is CCNCC1CCN(C(=O)c2ccccc2N(C)C(=O)C2CC2)CC1.Cl. The molecule has 0 spiro atoms. The summed E-state index contributed by atoms with van der Waals surface area (Å²) in [7, 11) is 1.79. The van der Waals surface area contributed by atoms with Crippen LogP contribution in [0.5, 0.6) is 0 Å². The number of nitrogens with one attached hydrogen (secondary N) is 1. The zero-order chi connectivity index (χ0) is 17.8. The molecule has 26 heavy (non-hydrogen) atoms. The first-order valence-corrected chi connectivity index (χ1v) is 9.48. The Labute approximate surface area is 162 Å². The van der Waals surface area contributed by atoms with Gasteiger partial charge in [0, 0.05) is 26.1 Å². The highest BCUT2D eigenvalue weighted by Crippen LogP contribution is 2.33. The van der Waals surface area contributed by atoms with Crippen LogP contribution in [-0.2, 0) is 4.79 Å². The first kappa shape index (κ1) is 20.7. The summed E-state index contributed by atoms with van der Waals surface area (Å²) in [4.78, 5) is 29.0. The molecule has 5 nitrogen and oxygen atoms in total. The Kier molecular flexibility index (Phi) is 7.47. The van der Waals surface area contributed by atoms with E-state index in [1.54, 1.807) is 11.9 Å². The molecule has 0 aromatic heterocycles. The van der Waals surface area contributed by atoms with Crippen LogP contribution in [-0.4, -0.2) is 49.9 Å². The molecule has 1 N–H and O–H groups in total. The molecule has 1 aromatic carbocycles. The Morgan fingerprint density at radius 2 is 1.81 bits per heavy atom. The van der Waals surface area contributed by atoms with Crippen molar-refractivity contribution in [2.75, 3.05) is 38.1 Å². The number of hydrogen-bond donors (Lipinski definition) is 1. The summed E-state index contributed by atoms with van der Waals surface area (Å²) >= 11 is 0. The molecule has 1 aliphatic heterocycles. The maximum Gasteiger partial charge on any atom is 0.255 e. The number of hydrogen-bond acceptors (Lipinski definition) is 3. The van der Waals surface area contributed by atoms with Crippen LogP contribution >= 0.6 is 12.4 Å². The lowest BCUT2D eigenvalue weighted by Crippen LogP contribution is -2.41. The number of likely N-dealkylation sites (tertiary alicyclic amines) is 1. The van der Waals surface area contributed by atoms with Gasteiger partial charge in [0.15, 0.2) is 0 Å². The molecule has 6 heteroatoms. The fourth-order valence-electron chi connectivity index (χ4n) is 3.53. The lowest BCUT2D eigenvalue weighted by molar-refractivity contribution is -0.119. The summed E-state index contributed by atoms with van der Waals surface area (Å²) in [5.74, 6) is 0.978. The number of halogens is 1. The van der Waals surface area contributed by atoms with Crippen LogP contribution in [0.25, 0.3) is 0 Å². The zero-order valence-electron chi connectivity index (χ0n) is 15.7. The summed E-state index contributed by atoms with van der Waals surface area (Å²) in [6.45, 7) is 5.74. The van der Waals surface area contributed by atoms with E-state index < -0.39 is 0 Å². The molecule has 0 atom stereocenters. The number of anilines is 1. The highest BCUT2D eigenvalue weighted by Gasteiger charge is 2.34. The van der Waals surface area contributed by atoms with E-state index in [0.29, 0.717) is 11.5 Å². The second-order valence-corrected chi connectivity index (χ2v) is 7.23. The number of benzene rings is 1. The Balaban J connectivity index is 0.00000243. The third-order valence-corrected chi connectivity index (χ3v) is 5.34. The van der Waals surface area contributed by atoms with Gasteiger partial charge in [0.1, 0.15) is 0 Å². The summed E-state index contributed by atoms with van der Waals surface area (Å²) < 4.78 is 0. The lowest BCUT2D eigenvalue weighted by Gasteiger charge is -2.33. The molecule has 2 aliphatic rings. The third-order valence-electron chi connectivity index (χ3n) is 5.34. The Morgan fingerprint density at radius 3 is 2.42 bits per heavy atom.